The lowest BCUT2D eigenvalue weighted by atomic mass is 10.0. The second-order valence-corrected chi connectivity index (χ2v) is 7.38. The summed E-state index contributed by atoms with van der Waals surface area (Å²) in [6, 6.07) is 4.71. The largest absolute Gasteiger partial charge is 0.312 e. The Labute approximate surface area is 156 Å². The Bertz CT molecular complexity index is 837. The van der Waals surface area contributed by atoms with Gasteiger partial charge in [-0.3, -0.25) is 34.3 Å². The fourth-order valence-corrected chi connectivity index (χ4v) is 4.11. The zero-order valence-electron chi connectivity index (χ0n) is 15.2. The van der Waals surface area contributed by atoms with Gasteiger partial charge in [-0.1, -0.05) is 12.1 Å². The summed E-state index contributed by atoms with van der Waals surface area (Å²) >= 11 is 0. The summed E-state index contributed by atoms with van der Waals surface area (Å²) < 4.78 is 0. The third-order valence-electron chi connectivity index (χ3n) is 5.40. The summed E-state index contributed by atoms with van der Waals surface area (Å²) in [4.78, 5) is 52.8. The van der Waals surface area contributed by atoms with E-state index in [0.29, 0.717) is 23.7 Å². The molecule has 2 unspecified atom stereocenters. The molecule has 0 bridgehead atoms. The predicted octanol–water partition coefficient (Wildman–Crippen LogP) is -0.118. The van der Waals surface area contributed by atoms with Crippen molar-refractivity contribution < 1.29 is 19.2 Å². The number of benzene rings is 1. The summed E-state index contributed by atoms with van der Waals surface area (Å²) in [5.74, 6) is -1.86. The van der Waals surface area contributed by atoms with Crippen molar-refractivity contribution in [3.63, 3.8) is 0 Å². The molecule has 2 atom stereocenters. The first-order valence-electron chi connectivity index (χ1n) is 9.25. The lowest BCUT2D eigenvalue weighted by Gasteiger charge is -2.32. The average Bonchev–Trinajstić information content (AvgIpc) is 2.87. The molecule has 0 aromatic heterocycles. The first kappa shape index (κ1) is 17.8. The van der Waals surface area contributed by atoms with E-state index in [2.05, 4.69) is 22.5 Å². The van der Waals surface area contributed by atoms with Gasteiger partial charge in [0.2, 0.25) is 11.8 Å². The van der Waals surface area contributed by atoms with Gasteiger partial charge in [-0.25, -0.2) is 0 Å². The molecule has 8 nitrogen and oxygen atoms in total. The molecule has 142 valence electrons. The number of nitrogens with one attached hydrogen (secondary N) is 2. The summed E-state index contributed by atoms with van der Waals surface area (Å²) in [5, 5.41) is 5.60. The van der Waals surface area contributed by atoms with E-state index < -0.39 is 23.8 Å². The van der Waals surface area contributed by atoms with Crippen LogP contribution in [0.3, 0.4) is 0 Å². The highest BCUT2D eigenvalue weighted by Gasteiger charge is 2.45. The van der Waals surface area contributed by atoms with E-state index in [0.717, 1.165) is 30.1 Å². The van der Waals surface area contributed by atoms with Crippen LogP contribution in [0.25, 0.3) is 0 Å². The van der Waals surface area contributed by atoms with Crippen molar-refractivity contribution in [1.82, 2.24) is 20.4 Å². The van der Waals surface area contributed by atoms with Crippen molar-refractivity contribution in [2.75, 3.05) is 19.6 Å². The molecule has 0 aliphatic carbocycles. The molecule has 1 aromatic rings. The number of hydrogen-bond acceptors (Lipinski definition) is 6. The molecule has 3 heterocycles. The van der Waals surface area contributed by atoms with Crippen LogP contribution >= 0.6 is 0 Å². The number of piperazine rings is 1. The molecule has 3 aliphatic heterocycles. The van der Waals surface area contributed by atoms with Gasteiger partial charge in [-0.05, 0) is 25.0 Å². The molecule has 8 heteroatoms. The fraction of sp³-hybridized carbons (Fsp3) is 0.474. The van der Waals surface area contributed by atoms with Crippen LogP contribution in [-0.4, -0.2) is 65.1 Å². The van der Waals surface area contributed by atoms with Crippen LogP contribution < -0.4 is 10.6 Å². The Morgan fingerprint density at radius 2 is 1.96 bits per heavy atom. The standard InChI is InChI=1S/C19H22N4O4/c1-11-9-22(8-7-20-11)10-12-3-2-4-13-16(12)19(27)23(18(13)26)14-5-6-15(24)21-17(14)25/h2-4,11,14,20H,5-10H2,1H3,(H,21,24,25). The van der Waals surface area contributed by atoms with Gasteiger partial charge in [0.15, 0.2) is 0 Å². The predicted molar refractivity (Wildman–Crippen MR) is 95.9 cm³/mol. The van der Waals surface area contributed by atoms with Crippen LogP contribution in [0.5, 0.6) is 0 Å². The van der Waals surface area contributed by atoms with Gasteiger partial charge < -0.3 is 5.32 Å². The van der Waals surface area contributed by atoms with Gasteiger partial charge in [0.1, 0.15) is 6.04 Å². The van der Waals surface area contributed by atoms with Crippen LogP contribution in [0.4, 0.5) is 0 Å². The molecule has 4 amide bonds. The molecular formula is C19H22N4O4. The highest BCUT2D eigenvalue weighted by atomic mass is 16.2. The van der Waals surface area contributed by atoms with E-state index in [-0.39, 0.29) is 18.7 Å². The maximum Gasteiger partial charge on any atom is 0.262 e. The van der Waals surface area contributed by atoms with Crippen LogP contribution in [-0.2, 0) is 16.1 Å². The van der Waals surface area contributed by atoms with Crippen LogP contribution in [0.2, 0.25) is 0 Å². The fourth-order valence-electron chi connectivity index (χ4n) is 4.11. The smallest absolute Gasteiger partial charge is 0.262 e. The molecule has 1 aromatic carbocycles. The Balaban J connectivity index is 1.61. The van der Waals surface area contributed by atoms with Gasteiger partial charge in [0.25, 0.3) is 11.8 Å². The van der Waals surface area contributed by atoms with Crippen LogP contribution in [0, 0.1) is 0 Å². The number of imide groups is 2. The SMILES string of the molecule is CC1CN(Cc2cccc3c2C(=O)N(C2CCC(=O)NC2=O)C3=O)CCN1. The summed E-state index contributed by atoms with van der Waals surface area (Å²) in [7, 11) is 0. The van der Waals surface area contributed by atoms with Crippen LogP contribution in [0.1, 0.15) is 46.0 Å². The van der Waals surface area contributed by atoms with Crippen molar-refractivity contribution in [2.24, 2.45) is 0 Å². The van der Waals surface area contributed by atoms with E-state index >= 15 is 0 Å². The summed E-state index contributed by atoms with van der Waals surface area (Å²) in [5.41, 5.74) is 1.53. The van der Waals surface area contributed by atoms with Gasteiger partial charge in [0.05, 0.1) is 11.1 Å². The van der Waals surface area contributed by atoms with E-state index in [1.807, 2.05) is 6.07 Å². The number of nitrogens with zero attached hydrogens (tertiary/aromatic N) is 2. The first-order valence-corrected chi connectivity index (χ1v) is 9.25. The second kappa shape index (κ2) is 6.86. The minimum Gasteiger partial charge on any atom is -0.312 e. The number of amides is 4. The lowest BCUT2D eigenvalue weighted by molar-refractivity contribution is -0.136. The topological polar surface area (TPSA) is 98.8 Å². The van der Waals surface area contributed by atoms with E-state index in [9.17, 15) is 19.2 Å². The second-order valence-electron chi connectivity index (χ2n) is 7.38. The van der Waals surface area contributed by atoms with Gasteiger partial charge in [-0.2, -0.15) is 0 Å². The molecule has 0 saturated carbocycles. The summed E-state index contributed by atoms with van der Waals surface area (Å²) in [6.45, 7) is 5.31. The first-order chi connectivity index (χ1) is 13.0. The maximum atomic E-state index is 13.1. The van der Waals surface area contributed by atoms with Crippen molar-refractivity contribution in [1.29, 1.82) is 0 Å². The molecule has 4 rings (SSSR count). The monoisotopic (exact) mass is 370 g/mol. The number of carbonyl (C=O) groups is 4. The van der Waals surface area contributed by atoms with E-state index in [1.54, 1.807) is 12.1 Å². The molecule has 27 heavy (non-hydrogen) atoms. The van der Waals surface area contributed by atoms with Crippen molar-refractivity contribution in [3.05, 3.63) is 34.9 Å². The Hall–Kier alpha value is -2.58. The molecule has 3 aliphatic rings. The minimum atomic E-state index is -0.929. The van der Waals surface area contributed by atoms with Crippen LogP contribution in [0.15, 0.2) is 18.2 Å². The number of hydrogen-bond donors (Lipinski definition) is 2. The number of rotatable bonds is 3. The molecule has 2 saturated heterocycles. The quantitative estimate of drug-likeness (QED) is 0.720. The molecule has 2 N–H and O–H groups in total. The van der Waals surface area contributed by atoms with Crippen molar-refractivity contribution >= 4 is 23.6 Å². The molecular weight excluding hydrogens is 348 g/mol. The normalized spacial score (nSPS) is 26.3. The molecule has 2 fully saturated rings. The average molecular weight is 370 g/mol. The molecule has 0 radical (unpaired) electrons. The number of carbonyl (C=O) groups excluding carboxylic acids is 4. The third kappa shape index (κ3) is 3.15. The third-order valence-corrected chi connectivity index (χ3v) is 5.40. The number of fused-ring (bicyclic) bond motifs is 1. The van der Waals surface area contributed by atoms with Crippen molar-refractivity contribution in [2.45, 2.75) is 38.4 Å². The Kier molecular flexibility index (Phi) is 4.53. The maximum absolute atomic E-state index is 13.1. The number of piperidine rings is 1. The molecule has 0 spiro atoms. The minimum absolute atomic E-state index is 0.120. The highest BCUT2D eigenvalue weighted by Crippen LogP contribution is 2.30. The summed E-state index contributed by atoms with van der Waals surface area (Å²) in [6.07, 6.45) is 0.288. The highest BCUT2D eigenvalue weighted by molar-refractivity contribution is 6.24. The zero-order chi connectivity index (χ0) is 19.1. The van der Waals surface area contributed by atoms with Crippen molar-refractivity contribution in [3.8, 4) is 0 Å². The zero-order valence-corrected chi connectivity index (χ0v) is 15.2. The van der Waals surface area contributed by atoms with E-state index in [4.69, 9.17) is 0 Å². The lowest BCUT2D eigenvalue weighted by Crippen LogP contribution is -2.54. The Morgan fingerprint density at radius 3 is 2.70 bits per heavy atom. The van der Waals surface area contributed by atoms with Gasteiger partial charge in [-0.15, -0.1) is 0 Å². The van der Waals surface area contributed by atoms with Gasteiger partial charge >= 0.3 is 0 Å². The van der Waals surface area contributed by atoms with Gasteiger partial charge in [0, 0.05) is 38.6 Å². The Morgan fingerprint density at radius 1 is 1.15 bits per heavy atom. The van der Waals surface area contributed by atoms with E-state index in [1.165, 1.54) is 0 Å².